The van der Waals surface area contributed by atoms with Crippen molar-refractivity contribution in [2.75, 3.05) is 18.5 Å². The number of carbonyl (C=O) groups is 4. The highest BCUT2D eigenvalue weighted by atomic mass is 16.6. The molecule has 3 amide bonds. The van der Waals surface area contributed by atoms with Crippen molar-refractivity contribution in [1.82, 2.24) is 10.2 Å². The summed E-state index contributed by atoms with van der Waals surface area (Å²) in [6.45, 7) is 6.98. The van der Waals surface area contributed by atoms with E-state index in [2.05, 4.69) is 10.6 Å². The molecule has 0 aliphatic carbocycles. The molecule has 0 radical (unpaired) electrons. The third-order valence-electron chi connectivity index (χ3n) is 5.57. The van der Waals surface area contributed by atoms with E-state index in [-0.39, 0.29) is 19.2 Å². The number of amides is 3. The van der Waals surface area contributed by atoms with Crippen LogP contribution >= 0.6 is 0 Å². The predicted octanol–water partition coefficient (Wildman–Crippen LogP) is 4.06. The van der Waals surface area contributed by atoms with Crippen LogP contribution < -0.4 is 10.6 Å². The number of benzene rings is 2. The molecule has 2 N–H and O–H groups in total. The average Bonchev–Trinajstić information content (AvgIpc) is 3.28. The van der Waals surface area contributed by atoms with Gasteiger partial charge in [-0.1, -0.05) is 36.4 Å². The van der Waals surface area contributed by atoms with Gasteiger partial charge in [-0.15, -0.1) is 0 Å². The minimum Gasteiger partial charge on any atom is -0.462 e. The molecule has 0 spiro atoms. The van der Waals surface area contributed by atoms with Crippen molar-refractivity contribution in [3.8, 4) is 0 Å². The van der Waals surface area contributed by atoms with Gasteiger partial charge in [-0.2, -0.15) is 0 Å². The molecule has 36 heavy (non-hydrogen) atoms. The molecule has 192 valence electrons. The second-order valence-corrected chi connectivity index (χ2v) is 9.46. The molecule has 9 nitrogen and oxygen atoms in total. The van der Waals surface area contributed by atoms with Gasteiger partial charge in [0, 0.05) is 5.69 Å². The molecule has 0 aromatic heterocycles. The first-order valence-electron chi connectivity index (χ1n) is 12.0. The molecular weight excluding hydrogens is 462 g/mol. The number of esters is 2. The van der Waals surface area contributed by atoms with Crippen LogP contribution in [0.3, 0.4) is 0 Å². The van der Waals surface area contributed by atoms with Crippen LogP contribution in [0.15, 0.2) is 54.6 Å². The maximum Gasteiger partial charge on any atom is 0.338 e. The third-order valence-corrected chi connectivity index (χ3v) is 5.57. The van der Waals surface area contributed by atoms with E-state index in [0.29, 0.717) is 24.1 Å². The Hall–Kier alpha value is -3.88. The maximum atomic E-state index is 13.3. The van der Waals surface area contributed by atoms with Crippen LogP contribution in [-0.2, 0) is 19.1 Å². The Morgan fingerprint density at radius 2 is 1.72 bits per heavy atom. The summed E-state index contributed by atoms with van der Waals surface area (Å²) in [5.74, 6) is -1.35. The zero-order chi connectivity index (χ0) is 26.3. The minimum absolute atomic E-state index is 0.240. The Kier molecular flexibility index (Phi) is 8.68. The number of likely N-dealkylation sites (tertiary alicyclic amines) is 1. The van der Waals surface area contributed by atoms with Gasteiger partial charge in [-0.3, -0.25) is 4.79 Å². The Morgan fingerprint density at radius 3 is 2.39 bits per heavy atom. The summed E-state index contributed by atoms with van der Waals surface area (Å²) in [5, 5.41) is 5.16. The monoisotopic (exact) mass is 495 g/mol. The predicted molar refractivity (Wildman–Crippen MR) is 134 cm³/mol. The van der Waals surface area contributed by atoms with Crippen molar-refractivity contribution in [3.05, 3.63) is 65.7 Å². The number of carbonyl (C=O) groups excluding carboxylic acids is 4. The first kappa shape index (κ1) is 26.7. The van der Waals surface area contributed by atoms with E-state index in [1.165, 1.54) is 11.0 Å². The molecule has 1 heterocycles. The SMILES string of the molecule is CCOC(=O)c1cccc(NC(=O)NCC(=O)N2[C@@H](c3ccccc3)CC[C@H]2C(=O)OC(C)(C)C)c1. The Labute approximate surface area is 211 Å². The molecular formula is C27H33N3O6. The zero-order valence-corrected chi connectivity index (χ0v) is 21.1. The van der Waals surface area contributed by atoms with Crippen LogP contribution in [0, 0.1) is 0 Å². The summed E-state index contributed by atoms with van der Waals surface area (Å²) in [5.41, 5.74) is 0.902. The number of nitrogens with one attached hydrogen (secondary N) is 2. The molecule has 1 fully saturated rings. The molecule has 3 rings (SSSR count). The summed E-state index contributed by atoms with van der Waals surface area (Å²) in [6.07, 6.45) is 1.07. The van der Waals surface area contributed by atoms with E-state index in [1.54, 1.807) is 45.9 Å². The van der Waals surface area contributed by atoms with Gasteiger partial charge < -0.3 is 25.0 Å². The van der Waals surface area contributed by atoms with Crippen molar-refractivity contribution in [2.24, 2.45) is 0 Å². The lowest BCUT2D eigenvalue weighted by molar-refractivity contribution is -0.164. The molecule has 2 aromatic carbocycles. The number of rotatable bonds is 7. The second-order valence-electron chi connectivity index (χ2n) is 9.46. The van der Waals surface area contributed by atoms with Gasteiger partial charge in [-0.25, -0.2) is 14.4 Å². The highest BCUT2D eigenvalue weighted by Crippen LogP contribution is 2.37. The summed E-state index contributed by atoms with van der Waals surface area (Å²) in [7, 11) is 0. The fourth-order valence-corrected chi connectivity index (χ4v) is 4.12. The van der Waals surface area contributed by atoms with Gasteiger partial charge in [0.25, 0.3) is 0 Å². The van der Waals surface area contributed by atoms with Crippen molar-refractivity contribution < 1.29 is 28.7 Å². The Morgan fingerprint density at radius 1 is 1.00 bits per heavy atom. The molecule has 2 atom stereocenters. The van der Waals surface area contributed by atoms with E-state index in [0.717, 1.165) is 5.56 Å². The van der Waals surface area contributed by atoms with E-state index in [4.69, 9.17) is 9.47 Å². The molecule has 2 aromatic rings. The van der Waals surface area contributed by atoms with Crippen molar-refractivity contribution in [3.63, 3.8) is 0 Å². The normalized spacial score (nSPS) is 17.3. The number of anilines is 1. The van der Waals surface area contributed by atoms with Gasteiger partial charge in [0.1, 0.15) is 11.6 Å². The largest absolute Gasteiger partial charge is 0.462 e. The highest BCUT2D eigenvalue weighted by molar-refractivity contribution is 5.95. The summed E-state index contributed by atoms with van der Waals surface area (Å²) in [6, 6.07) is 14.1. The fraction of sp³-hybridized carbons (Fsp3) is 0.407. The van der Waals surface area contributed by atoms with Gasteiger partial charge in [0.15, 0.2) is 0 Å². The number of hydrogen-bond donors (Lipinski definition) is 2. The van der Waals surface area contributed by atoms with Gasteiger partial charge in [-0.05, 0) is 64.3 Å². The lowest BCUT2D eigenvalue weighted by Crippen LogP contribution is -2.48. The lowest BCUT2D eigenvalue weighted by Gasteiger charge is -2.31. The fourth-order valence-electron chi connectivity index (χ4n) is 4.12. The molecule has 1 aliphatic rings. The third kappa shape index (κ3) is 7.07. The van der Waals surface area contributed by atoms with E-state index in [1.807, 2.05) is 30.3 Å². The van der Waals surface area contributed by atoms with Crippen LogP contribution in [0.1, 0.15) is 62.5 Å². The van der Waals surface area contributed by atoms with Crippen LogP contribution in [0.5, 0.6) is 0 Å². The molecule has 0 saturated carbocycles. The molecule has 0 bridgehead atoms. The van der Waals surface area contributed by atoms with Crippen LogP contribution in [0.25, 0.3) is 0 Å². The molecule has 9 heteroatoms. The van der Waals surface area contributed by atoms with Crippen molar-refractivity contribution in [2.45, 2.75) is 58.2 Å². The highest BCUT2D eigenvalue weighted by Gasteiger charge is 2.43. The Bertz CT molecular complexity index is 1100. The molecule has 1 aliphatic heterocycles. The summed E-state index contributed by atoms with van der Waals surface area (Å²) in [4.78, 5) is 52.1. The van der Waals surface area contributed by atoms with Crippen molar-refractivity contribution in [1.29, 1.82) is 0 Å². The number of nitrogens with zero attached hydrogens (tertiary/aromatic N) is 1. The van der Waals surface area contributed by atoms with E-state index < -0.39 is 35.5 Å². The quantitative estimate of drug-likeness (QED) is 0.560. The van der Waals surface area contributed by atoms with Gasteiger partial charge >= 0.3 is 18.0 Å². The number of ether oxygens (including phenoxy) is 2. The lowest BCUT2D eigenvalue weighted by atomic mass is 10.0. The number of hydrogen-bond acceptors (Lipinski definition) is 6. The van der Waals surface area contributed by atoms with Crippen LogP contribution in [0.4, 0.5) is 10.5 Å². The van der Waals surface area contributed by atoms with E-state index in [9.17, 15) is 19.2 Å². The standard InChI is InChI=1S/C27H33N3O6/c1-5-35-24(32)19-12-9-13-20(16-19)29-26(34)28-17-23(31)30-21(18-10-7-6-8-11-18)14-15-22(30)25(33)36-27(2,3)4/h6-13,16,21-22H,5,14-15,17H2,1-4H3,(H2,28,29,34)/t21-,22+/m1/s1. The number of urea groups is 1. The van der Waals surface area contributed by atoms with Crippen LogP contribution in [0.2, 0.25) is 0 Å². The van der Waals surface area contributed by atoms with Crippen LogP contribution in [-0.4, -0.2) is 53.6 Å². The molecule has 1 saturated heterocycles. The summed E-state index contributed by atoms with van der Waals surface area (Å²) < 4.78 is 10.5. The second kappa shape index (κ2) is 11.7. The zero-order valence-electron chi connectivity index (χ0n) is 21.1. The summed E-state index contributed by atoms with van der Waals surface area (Å²) >= 11 is 0. The molecule has 0 unspecified atom stereocenters. The minimum atomic E-state index is -0.743. The topological polar surface area (TPSA) is 114 Å². The maximum absolute atomic E-state index is 13.3. The smallest absolute Gasteiger partial charge is 0.338 e. The van der Waals surface area contributed by atoms with Crippen molar-refractivity contribution >= 4 is 29.6 Å². The Balaban J connectivity index is 1.69. The first-order valence-corrected chi connectivity index (χ1v) is 12.0. The first-order chi connectivity index (χ1) is 17.1. The van der Waals surface area contributed by atoms with E-state index >= 15 is 0 Å². The average molecular weight is 496 g/mol. The van der Waals surface area contributed by atoms with Gasteiger partial charge in [0.2, 0.25) is 5.91 Å². The van der Waals surface area contributed by atoms with Gasteiger partial charge in [0.05, 0.1) is 24.8 Å².